The molecule has 19 atom stereocenters. The first-order valence-electron chi connectivity index (χ1n) is 20.8. The molecular formula is C42H64O15. The minimum atomic E-state index is -1.98. The zero-order valence-corrected chi connectivity index (χ0v) is 34.2. The molecule has 15 nitrogen and oxygen atoms in total. The topological polar surface area (TPSA) is 250 Å². The van der Waals surface area contributed by atoms with Crippen molar-refractivity contribution >= 4 is 17.7 Å². The van der Waals surface area contributed by atoms with Gasteiger partial charge in [0, 0.05) is 5.92 Å². The number of rotatable bonds is 7. The van der Waals surface area contributed by atoms with Gasteiger partial charge >= 0.3 is 11.9 Å². The molecule has 322 valence electrons. The van der Waals surface area contributed by atoms with Gasteiger partial charge in [-0.1, -0.05) is 47.1 Å². The second-order valence-corrected chi connectivity index (χ2v) is 20.6. The number of allylic oxidation sites excluding steroid dienone is 2. The number of carboxylic acid groups (broad SMARTS) is 2. The molecule has 57 heavy (non-hydrogen) atoms. The molecule has 0 aromatic carbocycles. The van der Waals surface area contributed by atoms with Crippen molar-refractivity contribution in [3.8, 4) is 0 Å². The molecule has 4 saturated carbocycles. The van der Waals surface area contributed by atoms with E-state index in [1.807, 2.05) is 13.0 Å². The Morgan fingerprint density at radius 2 is 1.44 bits per heavy atom. The van der Waals surface area contributed by atoms with Crippen LogP contribution in [0.1, 0.15) is 106 Å². The molecule has 2 unspecified atom stereocenters. The van der Waals surface area contributed by atoms with Crippen molar-refractivity contribution < 1.29 is 74.2 Å². The summed E-state index contributed by atoms with van der Waals surface area (Å²) in [5.41, 5.74) is -1.51. The number of carbonyl (C=O) groups excluding carboxylic acids is 1. The van der Waals surface area contributed by atoms with Crippen molar-refractivity contribution in [1.82, 2.24) is 0 Å². The van der Waals surface area contributed by atoms with Gasteiger partial charge in [0.25, 0.3) is 0 Å². The van der Waals surface area contributed by atoms with Crippen LogP contribution < -0.4 is 0 Å². The lowest BCUT2D eigenvalue weighted by Crippen LogP contribution is -2.68. The van der Waals surface area contributed by atoms with Crippen LogP contribution in [-0.4, -0.2) is 133 Å². The summed E-state index contributed by atoms with van der Waals surface area (Å²) in [6, 6.07) is 0. The molecule has 2 heterocycles. The maximum Gasteiger partial charge on any atom is 0.335 e. The predicted octanol–water partition coefficient (Wildman–Crippen LogP) is 2.15. The van der Waals surface area contributed by atoms with E-state index in [1.165, 1.54) is 0 Å². The van der Waals surface area contributed by atoms with Crippen LogP contribution in [0.4, 0.5) is 0 Å². The molecule has 7 aliphatic rings. The molecule has 5 aliphatic carbocycles. The Hall–Kier alpha value is -2.05. The number of aliphatic hydroxyl groups is 6. The number of ether oxygens (including phenoxy) is 4. The number of aliphatic hydroxyl groups excluding tert-OH is 6. The first-order chi connectivity index (χ1) is 26.4. The van der Waals surface area contributed by atoms with E-state index >= 15 is 0 Å². The quantitative estimate of drug-likeness (QED) is 0.172. The Kier molecular flexibility index (Phi) is 10.8. The average Bonchev–Trinajstić information content (AvgIpc) is 3.13. The van der Waals surface area contributed by atoms with E-state index < -0.39 is 102 Å². The standard InChI is InChI=1S/C42H64O15/c1-37(2)23-8-11-42(7)32(21(44)16-19-20-17-39(4,36(52)53)13-12-38(20,3)14-15-41(19,42)6)40(23,5)10-9-24(37)55-35-31(27(47)25(45)22(18-43)54-35)57-34-29(49)26(46)28(48)30(56-34)33(50)51/h16,20,22-32,34-35,43,45-49H,8-15,17-18H2,1-7H3,(H,50,51)(H,52,53)/t20-,22+,23?,24-,25+,26-,27-,28-,29+,30-,31+,32?,34-,35-,38+,39-,40-,41+,42+/m0/s1. The molecule has 8 N–H and O–H groups in total. The van der Waals surface area contributed by atoms with E-state index in [4.69, 9.17) is 18.9 Å². The third-order valence-electron chi connectivity index (χ3n) is 17.3. The van der Waals surface area contributed by atoms with Gasteiger partial charge in [0.15, 0.2) is 24.5 Å². The van der Waals surface area contributed by atoms with Gasteiger partial charge in [-0.3, -0.25) is 9.59 Å². The molecule has 0 spiro atoms. The number of hydrogen-bond acceptors (Lipinski definition) is 13. The molecule has 2 aliphatic heterocycles. The van der Waals surface area contributed by atoms with E-state index in [9.17, 15) is 55.2 Å². The van der Waals surface area contributed by atoms with Crippen LogP contribution in [0.25, 0.3) is 0 Å². The molecular weight excluding hydrogens is 744 g/mol. The zero-order chi connectivity index (χ0) is 42.0. The largest absolute Gasteiger partial charge is 0.481 e. The molecule has 0 radical (unpaired) electrons. The molecule has 0 aromatic heterocycles. The summed E-state index contributed by atoms with van der Waals surface area (Å²) >= 11 is 0. The molecule has 15 heteroatoms. The summed E-state index contributed by atoms with van der Waals surface area (Å²) in [5.74, 6) is -2.62. The summed E-state index contributed by atoms with van der Waals surface area (Å²) in [6.45, 7) is 14.4. The van der Waals surface area contributed by atoms with E-state index in [-0.39, 0.29) is 39.8 Å². The normalized spacial score (nSPS) is 53.4. The van der Waals surface area contributed by atoms with Crippen molar-refractivity contribution in [1.29, 1.82) is 0 Å². The Balaban J connectivity index is 1.16. The minimum absolute atomic E-state index is 0.00433. The summed E-state index contributed by atoms with van der Waals surface area (Å²) in [5, 5.41) is 83.3. The zero-order valence-electron chi connectivity index (χ0n) is 34.2. The lowest BCUT2D eigenvalue weighted by atomic mass is 9.33. The van der Waals surface area contributed by atoms with Crippen molar-refractivity contribution in [2.45, 2.75) is 174 Å². The highest BCUT2D eigenvalue weighted by Gasteiger charge is 2.71. The highest BCUT2D eigenvalue weighted by atomic mass is 16.8. The van der Waals surface area contributed by atoms with Gasteiger partial charge in [-0.15, -0.1) is 0 Å². The van der Waals surface area contributed by atoms with Crippen LogP contribution in [0.3, 0.4) is 0 Å². The minimum Gasteiger partial charge on any atom is -0.481 e. The van der Waals surface area contributed by atoms with E-state index in [0.717, 1.165) is 37.7 Å². The number of carboxylic acids is 2. The van der Waals surface area contributed by atoms with Crippen LogP contribution >= 0.6 is 0 Å². The van der Waals surface area contributed by atoms with Crippen molar-refractivity contribution in [3.63, 3.8) is 0 Å². The van der Waals surface area contributed by atoms with Crippen molar-refractivity contribution in [3.05, 3.63) is 11.6 Å². The number of hydrogen-bond donors (Lipinski definition) is 8. The lowest BCUT2D eigenvalue weighted by Gasteiger charge is -2.70. The number of aliphatic carboxylic acids is 2. The smallest absolute Gasteiger partial charge is 0.335 e. The van der Waals surface area contributed by atoms with Crippen LogP contribution in [0.15, 0.2) is 11.6 Å². The van der Waals surface area contributed by atoms with Gasteiger partial charge in [-0.2, -0.15) is 0 Å². The van der Waals surface area contributed by atoms with Crippen LogP contribution in [0, 0.1) is 50.2 Å². The monoisotopic (exact) mass is 808 g/mol. The second kappa shape index (κ2) is 14.3. The highest BCUT2D eigenvalue weighted by Crippen LogP contribution is 2.75. The Bertz CT molecular complexity index is 1650. The third kappa shape index (κ3) is 6.31. The van der Waals surface area contributed by atoms with Gasteiger partial charge in [0.05, 0.1) is 18.1 Å². The molecule has 2 saturated heterocycles. The lowest BCUT2D eigenvalue weighted by molar-refractivity contribution is -0.375. The van der Waals surface area contributed by atoms with Crippen LogP contribution in [0.2, 0.25) is 0 Å². The fourth-order valence-electron chi connectivity index (χ4n) is 13.4. The van der Waals surface area contributed by atoms with Crippen LogP contribution in [-0.2, 0) is 33.3 Å². The summed E-state index contributed by atoms with van der Waals surface area (Å²) in [6.07, 6.45) is -9.70. The summed E-state index contributed by atoms with van der Waals surface area (Å²) < 4.78 is 23.8. The molecule has 0 amide bonds. The second-order valence-electron chi connectivity index (χ2n) is 20.6. The van der Waals surface area contributed by atoms with Gasteiger partial charge < -0.3 is 59.8 Å². The van der Waals surface area contributed by atoms with Crippen LogP contribution in [0.5, 0.6) is 0 Å². The average molecular weight is 809 g/mol. The number of ketones is 1. The van der Waals surface area contributed by atoms with E-state index in [2.05, 4.69) is 41.5 Å². The SMILES string of the molecule is CC1(C)C2CC[C@]3(C)C(C(=O)C=C4[C@@H]5C[C@@](C)(C(=O)O)CC[C@]5(C)CC[C@]43C)[C@@]2(C)CC[C@@H]1O[C@@H]1O[C@H](CO)[C@@H](O)[C@H](O)[C@H]1O[C@@H]1O[C@H](C(=O)O)[C@@H](O)[C@H](O)[C@H]1O. The van der Waals surface area contributed by atoms with Gasteiger partial charge in [0.1, 0.15) is 42.7 Å². The maximum atomic E-state index is 14.8. The molecule has 0 bridgehead atoms. The van der Waals surface area contributed by atoms with Crippen molar-refractivity contribution in [2.24, 2.45) is 50.2 Å². The van der Waals surface area contributed by atoms with Crippen molar-refractivity contribution in [2.75, 3.05) is 6.61 Å². The van der Waals surface area contributed by atoms with Gasteiger partial charge in [-0.25, -0.2) is 4.79 Å². The number of carbonyl (C=O) groups is 3. The summed E-state index contributed by atoms with van der Waals surface area (Å²) in [7, 11) is 0. The third-order valence-corrected chi connectivity index (χ3v) is 17.3. The highest BCUT2D eigenvalue weighted by molar-refractivity contribution is 5.95. The Labute approximate surface area is 333 Å². The molecule has 0 aromatic rings. The van der Waals surface area contributed by atoms with Gasteiger partial charge in [0.2, 0.25) is 0 Å². The van der Waals surface area contributed by atoms with E-state index in [0.29, 0.717) is 25.7 Å². The Morgan fingerprint density at radius 3 is 2.07 bits per heavy atom. The van der Waals surface area contributed by atoms with Gasteiger partial charge in [-0.05, 0) is 110 Å². The maximum absolute atomic E-state index is 14.8. The molecule has 6 fully saturated rings. The first-order valence-corrected chi connectivity index (χ1v) is 20.8. The Morgan fingerprint density at radius 1 is 0.772 bits per heavy atom. The van der Waals surface area contributed by atoms with E-state index in [1.54, 1.807) is 0 Å². The fraction of sp³-hybridized carbons (Fsp3) is 0.881. The predicted molar refractivity (Wildman–Crippen MR) is 199 cm³/mol. The first kappa shape index (κ1) is 43.1. The molecule has 7 rings (SSSR count). The fourth-order valence-corrected chi connectivity index (χ4v) is 13.4. The summed E-state index contributed by atoms with van der Waals surface area (Å²) in [4.78, 5) is 39.1. The number of fused-ring (bicyclic) bond motifs is 7.